The van der Waals surface area contributed by atoms with Crippen LogP contribution >= 0.6 is 11.6 Å². The van der Waals surface area contributed by atoms with Crippen molar-refractivity contribution in [3.63, 3.8) is 0 Å². The minimum absolute atomic E-state index is 0.0261. The number of carbonyl (C=O) groups is 1. The van der Waals surface area contributed by atoms with Gasteiger partial charge < -0.3 is 14.4 Å². The highest BCUT2D eigenvalue weighted by atomic mass is 35.5. The molecule has 0 N–H and O–H groups in total. The Morgan fingerprint density at radius 3 is 2.56 bits per heavy atom. The Labute approximate surface area is 151 Å². The second kappa shape index (κ2) is 7.31. The Morgan fingerprint density at radius 2 is 1.96 bits per heavy atom. The third-order valence-corrected chi connectivity index (χ3v) is 4.47. The van der Waals surface area contributed by atoms with Crippen molar-refractivity contribution in [2.24, 2.45) is 0 Å². The fraction of sp³-hybridized carbons (Fsp3) is 0.316. The molecule has 0 aromatic heterocycles. The Morgan fingerprint density at radius 1 is 1.20 bits per heavy atom. The van der Waals surface area contributed by atoms with Crippen molar-refractivity contribution in [2.45, 2.75) is 25.4 Å². The van der Waals surface area contributed by atoms with Gasteiger partial charge in [0, 0.05) is 16.6 Å². The molecule has 1 saturated carbocycles. The third kappa shape index (κ3) is 3.87. The van der Waals surface area contributed by atoms with Gasteiger partial charge in [0.1, 0.15) is 17.3 Å². The zero-order chi connectivity index (χ0) is 18.0. The lowest BCUT2D eigenvalue weighted by Crippen LogP contribution is -2.33. The minimum atomic E-state index is -0.610. The van der Waals surface area contributed by atoms with E-state index in [-0.39, 0.29) is 22.5 Å². The Bertz CT molecular complexity index is 792. The molecule has 0 spiro atoms. The number of rotatable bonds is 6. The summed E-state index contributed by atoms with van der Waals surface area (Å²) in [6.07, 6.45) is 1.82. The number of halogens is 2. The normalized spacial score (nSPS) is 13.4. The van der Waals surface area contributed by atoms with Gasteiger partial charge in [0.15, 0.2) is 0 Å². The van der Waals surface area contributed by atoms with Crippen molar-refractivity contribution in [3.05, 3.63) is 58.4 Å². The Balaban J connectivity index is 1.91. The van der Waals surface area contributed by atoms with E-state index in [1.165, 1.54) is 12.1 Å². The van der Waals surface area contributed by atoms with Gasteiger partial charge in [0.25, 0.3) is 5.91 Å². The average Bonchev–Trinajstić information content (AvgIpc) is 3.43. The van der Waals surface area contributed by atoms with Crippen LogP contribution in [0.2, 0.25) is 5.02 Å². The third-order valence-electron chi connectivity index (χ3n) is 4.24. The SMILES string of the molecule is COc1ccc(OC)c(CN(C(=O)c2ccc(Cl)cc2F)C2CC2)c1. The largest absolute Gasteiger partial charge is 0.497 e. The molecule has 132 valence electrons. The van der Waals surface area contributed by atoms with Crippen LogP contribution in [0.4, 0.5) is 4.39 Å². The van der Waals surface area contributed by atoms with Crippen LogP contribution in [0.15, 0.2) is 36.4 Å². The smallest absolute Gasteiger partial charge is 0.257 e. The summed E-state index contributed by atoms with van der Waals surface area (Å²) < 4.78 is 24.8. The van der Waals surface area contributed by atoms with E-state index in [1.807, 2.05) is 6.07 Å². The minimum Gasteiger partial charge on any atom is -0.497 e. The fourth-order valence-corrected chi connectivity index (χ4v) is 2.92. The van der Waals surface area contributed by atoms with Crippen LogP contribution in [0.25, 0.3) is 0 Å². The molecule has 1 amide bonds. The number of nitrogens with zero attached hydrogens (tertiary/aromatic N) is 1. The van der Waals surface area contributed by atoms with E-state index in [0.717, 1.165) is 24.5 Å². The molecule has 3 rings (SSSR count). The second-order valence-corrected chi connectivity index (χ2v) is 6.40. The summed E-state index contributed by atoms with van der Waals surface area (Å²) in [6, 6.07) is 9.65. The summed E-state index contributed by atoms with van der Waals surface area (Å²) in [5.74, 6) is 0.384. The van der Waals surface area contributed by atoms with Crippen molar-refractivity contribution < 1.29 is 18.7 Å². The van der Waals surface area contributed by atoms with Crippen LogP contribution < -0.4 is 9.47 Å². The van der Waals surface area contributed by atoms with E-state index in [9.17, 15) is 9.18 Å². The van der Waals surface area contributed by atoms with E-state index < -0.39 is 5.82 Å². The summed E-state index contributed by atoms with van der Waals surface area (Å²) >= 11 is 5.78. The molecule has 2 aromatic carbocycles. The van der Waals surface area contributed by atoms with Crippen molar-refractivity contribution in [1.82, 2.24) is 4.90 Å². The molecule has 0 unspecified atom stereocenters. The first-order valence-corrected chi connectivity index (χ1v) is 8.38. The molecular formula is C19H19ClFNO3. The molecule has 0 bridgehead atoms. The number of amides is 1. The van der Waals surface area contributed by atoms with Crippen LogP contribution in [0.1, 0.15) is 28.8 Å². The molecule has 25 heavy (non-hydrogen) atoms. The predicted molar refractivity (Wildman–Crippen MR) is 93.9 cm³/mol. The molecule has 0 aliphatic heterocycles. The molecule has 1 fully saturated rings. The fourth-order valence-electron chi connectivity index (χ4n) is 2.76. The van der Waals surface area contributed by atoms with Gasteiger partial charge in [0.2, 0.25) is 0 Å². The molecule has 1 aliphatic carbocycles. The summed E-state index contributed by atoms with van der Waals surface area (Å²) in [4.78, 5) is 14.6. The summed E-state index contributed by atoms with van der Waals surface area (Å²) in [7, 11) is 3.16. The lowest BCUT2D eigenvalue weighted by atomic mass is 10.1. The van der Waals surface area contributed by atoms with E-state index in [2.05, 4.69) is 0 Å². The van der Waals surface area contributed by atoms with Crippen LogP contribution in [0.3, 0.4) is 0 Å². The predicted octanol–water partition coefficient (Wildman–Crippen LogP) is 4.30. The van der Waals surface area contributed by atoms with Crippen molar-refractivity contribution in [2.75, 3.05) is 14.2 Å². The van der Waals surface area contributed by atoms with Crippen LogP contribution in [0.5, 0.6) is 11.5 Å². The lowest BCUT2D eigenvalue weighted by molar-refractivity contribution is 0.0724. The van der Waals surface area contributed by atoms with E-state index in [1.54, 1.807) is 31.3 Å². The van der Waals surface area contributed by atoms with Gasteiger partial charge in [0.05, 0.1) is 26.3 Å². The molecule has 4 nitrogen and oxygen atoms in total. The summed E-state index contributed by atoms with van der Waals surface area (Å²) in [6.45, 7) is 0.325. The number of carbonyl (C=O) groups excluding carboxylic acids is 1. The molecule has 0 radical (unpaired) electrons. The molecular weight excluding hydrogens is 345 g/mol. The average molecular weight is 364 g/mol. The number of benzene rings is 2. The van der Waals surface area contributed by atoms with Gasteiger partial charge >= 0.3 is 0 Å². The van der Waals surface area contributed by atoms with Crippen molar-refractivity contribution >= 4 is 17.5 Å². The Hall–Kier alpha value is -2.27. The standard InChI is InChI=1S/C19H19ClFNO3/c1-24-15-6-8-18(25-2)12(9-15)11-22(14-4-5-14)19(23)16-7-3-13(20)10-17(16)21/h3,6-10,14H,4-5,11H2,1-2H3. The van der Waals surface area contributed by atoms with E-state index in [4.69, 9.17) is 21.1 Å². The van der Waals surface area contributed by atoms with Crippen LogP contribution in [-0.2, 0) is 6.54 Å². The van der Waals surface area contributed by atoms with Crippen LogP contribution in [0, 0.1) is 5.82 Å². The van der Waals surface area contributed by atoms with Gasteiger partial charge in [-0.25, -0.2) is 4.39 Å². The van der Waals surface area contributed by atoms with E-state index >= 15 is 0 Å². The zero-order valence-corrected chi connectivity index (χ0v) is 14.8. The number of ether oxygens (including phenoxy) is 2. The maximum absolute atomic E-state index is 14.2. The molecule has 0 heterocycles. The molecule has 6 heteroatoms. The van der Waals surface area contributed by atoms with Gasteiger partial charge in [-0.2, -0.15) is 0 Å². The van der Waals surface area contributed by atoms with Gasteiger partial charge in [-0.15, -0.1) is 0 Å². The van der Waals surface area contributed by atoms with E-state index in [0.29, 0.717) is 18.0 Å². The Kier molecular flexibility index (Phi) is 5.13. The highest BCUT2D eigenvalue weighted by Crippen LogP contribution is 2.33. The monoisotopic (exact) mass is 363 g/mol. The first-order chi connectivity index (χ1) is 12.0. The molecule has 0 saturated heterocycles. The van der Waals surface area contributed by atoms with Gasteiger partial charge in [-0.3, -0.25) is 4.79 Å². The first kappa shape index (κ1) is 17.5. The summed E-state index contributed by atoms with van der Waals surface area (Å²) in [5, 5.41) is 0.265. The highest BCUT2D eigenvalue weighted by molar-refractivity contribution is 6.30. The number of methoxy groups -OCH3 is 2. The number of hydrogen-bond donors (Lipinski definition) is 0. The topological polar surface area (TPSA) is 38.8 Å². The second-order valence-electron chi connectivity index (χ2n) is 5.97. The maximum atomic E-state index is 14.2. The van der Waals surface area contributed by atoms with Crippen molar-refractivity contribution in [3.8, 4) is 11.5 Å². The number of hydrogen-bond acceptors (Lipinski definition) is 3. The lowest BCUT2D eigenvalue weighted by Gasteiger charge is -2.24. The molecule has 2 aromatic rings. The van der Waals surface area contributed by atoms with Gasteiger partial charge in [-0.1, -0.05) is 11.6 Å². The maximum Gasteiger partial charge on any atom is 0.257 e. The first-order valence-electron chi connectivity index (χ1n) is 8.00. The zero-order valence-electron chi connectivity index (χ0n) is 14.1. The molecule has 1 aliphatic rings. The highest BCUT2D eigenvalue weighted by Gasteiger charge is 2.34. The van der Waals surface area contributed by atoms with Gasteiger partial charge in [-0.05, 0) is 49.2 Å². The summed E-state index contributed by atoms with van der Waals surface area (Å²) in [5.41, 5.74) is 0.842. The van der Waals surface area contributed by atoms with Crippen molar-refractivity contribution in [1.29, 1.82) is 0 Å². The van der Waals surface area contributed by atoms with Crippen LogP contribution in [-0.4, -0.2) is 31.1 Å². The quantitative estimate of drug-likeness (QED) is 0.768. The molecule has 0 atom stereocenters.